The van der Waals surface area contributed by atoms with Gasteiger partial charge in [-0.2, -0.15) is 0 Å². The number of rotatable bonds is 5. The topological polar surface area (TPSA) is 47.0 Å². The predicted molar refractivity (Wildman–Crippen MR) is 73.3 cm³/mol. The number of Topliss-reactive ketones (excluding diaryl/α,β-unsaturated/α-hetero) is 2. The molecule has 2 aromatic rings. The van der Waals surface area contributed by atoms with Crippen LogP contribution in [-0.2, 0) is 6.42 Å². The molecule has 0 bridgehead atoms. The Morgan fingerprint density at radius 1 is 0.895 bits per heavy atom. The van der Waals surface area contributed by atoms with E-state index >= 15 is 0 Å². The van der Waals surface area contributed by atoms with Crippen molar-refractivity contribution >= 4 is 11.6 Å². The number of carbonyl (C=O) groups excluding carboxylic acids is 2. The Morgan fingerprint density at radius 2 is 1.42 bits per heavy atom. The minimum Gasteiger partial charge on any atom is -0.294 e. The molecule has 0 aliphatic carbocycles. The molecule has 0 N–H and O–H groups in total. The van der Waals surface area contributed by atoms with Gasteiger partial charge in [0, 0.05) is 23.5 Å². The van der Waals surface area contributed by atoms with Gasteiger partial charge in [0.1, 0.15) is 0 Å². The molecule has 19 heavy (non-hydrogen) atoms. The predicted octanol–water partition coefficient (Wildman–Crippen LogP) is 3.10. The van der Waals surface area contributed by atoms with Crippen molar-refractivity contribution < 1.29 is 9.59 Å². The van der Waals surface area contributed by atoms with Crippen LogP contribution < -0.4 is 0 Å². The standard InChI is InChI=1S/C16H15NO2/c1-2-12-3-5-13(6-4-12)15(18)11-16(19)14-7-9-17-10-8-14/h3-10H,2,11H2,1H3. The maximum Gasteiger partial charge on any atom is 0.170 e. The van der Waals surface area contributed by atoms with Gasteiger partial charge >= 0.3 is 0 Å². The van der Waals surface area contributed by atoms with E-state index in [4.69, 9.17) is 0 Å². The molecule has 1 aromatic carbocycles. The smallest absolute Gasteiger partial charge is 0.170 e. The van der Waals surface area contributed by atoms with E-state index in [9.17, 15) is 9.59 Å². The number of hydrogen-bond acceptors (Lipinski definition) is 3. The number of carbonyl (C=O) groups is 2. The van der Waals surface area contributed by atoms with Gasteiger partial charge in [-0.3, -0.25) is 14.6 Å². The van der Waals surface area contributed by atoms with Crippen molar-refractivity contribution in [3.63, 3.8) is 0 Å². The van der Waals surface area contributed by atoms with Crippen molar-refractivity contribution in [1.29, 1.82) is 0 Å². The van der Waals surface area contributed by atoms with E-state index in [1.807, 2.05) is 12.1 Å². The third kappa shape index (κ3) is 3.35. The Kier molecular flexibility index (Phi) is 4.18. The van der Waals surface area contributed by atoms with Crippen molar-refractivity contribution in [3.8, 4) is 0 Å². The van der Waals surface area contributed by atoms with Crippen LogP contribution in [0.1, 0.15) is 39.6 Å². The molecule has 0 saturated carbocycles. The second kappa shape index (κ2) is 6.05. The van der Waals surface area contributed by atoms with Crippen molar-refractivity contribution in [3.05, 3.63) is 65.5 Å². The van der Waals surface area contributed by atoms with Crippen molar-refractivity contribution in [2.75, 3.05) is 0 Å². The van der Waals surface area contributed by atoms with Crippen molar-refractivity contribution in [2.24, 2.45) is 0 Å². The van der Waals surface area contributed by atoms with E-state index in [0.717, 1.165) is 6.42 Å². The number of aryl methyl sites for hydroxylation is 1. The largest absolute Gasteiger partial charge is 0.294 e. The van der Waals surface area contributed by atoms with Gasteiger partial charge in [-0.1, -0.05) is 31.2 Å². The summed E-state index contributed by atoms with van der Waals surface area (Å²) in [6.07, 6.45) is 3.93. The lowest BCUT2D eigenvalue weighted by Crippen LogP contribution is -2.08. The molecular weight excluding hydrogens is 238 g/mol. The fraction of sp³-hybridized carbons (Fsp3) is 0.188. The van der Waals surface area contributed by atoms with Crippen LogP contribution in [0.3, 0.4) is 0 Å². The van der Waals surface area contributed by atoms with E-state index in [2.05, 4.69) is 11.9 Å². The van der Waals surface area contributed by atoms with Gasteiger partial charge < -0.3 is 0 Å². The second-order valence-corrected chi connectivity index (χ2v) is 4.31. The Morgan fingerprint density at radius 3 is 1.95 bits per heavy atom. The summed E-state index contributed by atoms with van der Waals surface area (Å²) in [4.78, 5) is 27.7. The average Bonchev–Trinajstić information content (AvgIpc) is 2.48. The summed E-state index contributed by atoms with van der Waals surface area (Å²) in [6.45, 7) is 2.06. The first-order valence-corrected chi connectivity index (χ1v) is 6.26. The molecule has 1 heterocycles. The molecule has 1 aromatic heterocycles. The fourth-order valence-electron chi connectivity index (χ4n) is 1.81. The molecule has 0 saturated heterocycles. The van der Waals surface area contributed by atoms with E-state index in [1.165, 1.54) is 5.56 Å². The summed E-state index contributed by atoms with van der Waals surface area (Å²) in [7, 11) is 0. The minimum absolute atomic E-state index is 0.102. The number of aromatic nitrogens is 1. The second-order valence-electron chi connectivity index (χ2n) is 4.31. The molecule has 2 rings (SSSR count). The molecule has 96 valence electrons. The summed E-state index contributed by atoms with van der Waals surface area (Å²) in [6, 6.07) is 10.6. The van der Waals surface area contributed by atoms with Gasteiger partial charge in [0.05, 0.1) is 6.42 Å². The number of pyridine rings is 1. The molecule has 0 spiro atoms. The van der Waals surface area contributed by atoms with E-state index < -0.39 is 0 Å². The highest BCUT2D eigenvalue weighted by Crippen LogP contribution is 2.10. The van der Waals surface area contributed by atoms with Crippen LogP contribution in [0.15, 0.2) is 48.8 Å². The molecule has 0 fully saturated rings. The number of ketones is 2. The summed E-state index contributed by atoms with van der Waals surface area (Å²) < 4.78 is 0. The zero-order valence-electron chi connectivity index (χ0n) is 10.8. The highest BCUT2D eigenvalue weighted by Gasteiger charge is 2.13. The maximum atomic E-state index is 12.0. The zero-order valence-corrected chi connectivity index (χ0v) is 10.8. The first-order valence-electron chi connectivity index (χ1n) is 6.26. The Hall–Kier alpha value is -2.29. The molecule has 0 amide bonds. The van der Waals surface area contributed by atoms with E-state index in [0.29, 0.717) is 11.1 Å². The minimum atomic E-state index is -0.174. The molecule has 3 nitrogen and oxygen atoms in total. The van der Waals surface area contributed by atoms with Crippen LogP contribution in [0.25, 0.3) is 0 Å². The zero-order chi connectivity index (χ0) is 13.7. The lowest BCUT2D eigenvalue weighted by molar-refractivity contribution is 0.0894. The molecule has 0 atom stereocenters. The molecule has 0 aliphatic heterocycles. The van der Waals surface area contributed by atoms with Gasteiger partial charge in [-0.15, -0.1) is 0 Å². The average molecular weight is 253 g/mol. The fourth-order valence-corrected chi connectivity index (χ4v) is 1.81. The molecule has 0 radical (unpaired) electrons. The van der Waals surface area contributed by atoms with Gasteiger partial charge in [0.2, 0.25) is 0 Å². The molecule has 3 heteroatoms. The van der Waals surface area contributed by atoms with Crippen LogP contribution in [-0.4, -0.2) is 16.6 Å². The quantitative estimate of drug-likeness (QED) is 0.607. The van der Waals surface area contributed by atoms with Crippen LogP contribution in [0.4, 0.5) is 0 Å². The van der Waals surface area contributed by atoms with E-state index in [1.54, 1.807) is 36.7 Å². The lowest BCUT2D eigenvalue weighted by atomic mass is 10.0. The first kappa shape index (κ1) is 13.1. The van der Waals surface area contributed by atoms with Crippen LogP contribution >= 0.6 is 0 Å². The normalized spacial score (nSPS) is 10.2. The molecular formula is C16H15NO2. The van der Waals surface area contributed by atoms with Gasteiger partial charge in [0.25, 0.3) is 0 Å². The van der Waals surface area contributed by atoms with Crippen molar-refractivity contribution in [2.45, 2.75) is 19.8 Å². The maximum absolute atomic E-state index is 12.0. The monoisotopic (exact) mass is 253 g/mol. The number of benzene rings is 1. The number of hydrogen-bond donors (Lipinski definition) is 0. The first-order chi connectivity index (χ1) is 9.20. The molecule has 0 unspecified atom stereocenters. The number of nitrogens with zero attached hydrogens (tertiary/aromatic N) is 1. The Labute approximate surface area is 112 Å². The summed E-state index contributed by atoms with van der Waals surface area (Å²) in [5.41, 5.74) is 2.28. The van der Waals surface area contributed by atoms with Crippen LogP contribution in [0.5, 0.6) is 0 Å². The summed E-state index contributed by atoms with van der Waals surface area (Å²) in [5, 5.41) is 0. The van der Waals surface area contributed by atoms with E-state index in [-0.39, 0.29) is 18.0 Å². The van der Waals surface area contributed by atoms with Crippen LogP contribution in [0.2, 0.25) is 0 Å². The SMILES string of the molecule is CCc1ccc(C(=O)CC(=O)c2ccncc2)cc1. The van der Waals surface area contributed by atoms with Crippen LogP contribution in [0, 0.1) is 0 Å². The summed E-state index contributed by atoms with van der Waals surface area (Å²) in [5.74, 6) is -0.323. The van der Waals surface area contributed by atoms with Gasteiger partial charge in [0.15, 0.2) is 11.6 Å². The third-order valence-electron chi connectivity index (χ3n) is 3.01. The Balaban J connectivity index is 2.06. The van der Waals surface area contributed by atoms with Crippen molar-refractivity contribution in [1.82, 2.24) is 4.98 Å². The third-order valence-corrected chi connectivity index (χ3v) is 3.01. The highest BCUT2D eigenvalue weighted by molar-refractivity contribution is 6.13. The van der Waals surface area contributed by atoms with Gasteiger partial charge in [-0.05, 0) is 24.1 Å². The Bertz CT molecular complexity index is 573. The highest BCUT2D eigenvalue weighted by atomic mass is 16.1. The summed E-state index contributed by atoms with van der Waals surface area (Å²) >= 11 is 0. The lowest BCUT2D eigenvalue weighted by Gasteiger charge is -2.02. The van der Waals surface area contributed by atoms with Gasteiger partial charge in [-0.25, -0.2) is 0 Å². The molecule has 0 aliphatic rings.